The molecule has 2 amide bonds. The van der Waals surface area contributed by atoms with Crippen LogP contribution in [0, 0.1) is 0 Å². The summed E-state index contributed by atoms with van der Waals surface area (Å²) in [6.45, 7) is 5.33. The lowest BCUT2D eigenvalue weighted by atomic mass is 10.0. The molecule has 0 saturated carbocycles. The summed E-state index contributed by atoms with van der Waals surface area (Å²) >= 11 is 1.59. The first-order valence-electron chi connectivity index (χ1n) is 9.48. The normalized spacial score (nSPS) is 11.9. The van der Waals surface area contributed by atoms with Gasteiger partial charge in [-0.1, -0.05) is 42.5 Å². The quantitative estimate of drug-likeness (QED) is 0.650. The first kappa shape index (κ1) is 22.0. The van der Waals surface area contributed by atoms with Crippen LogP contribution in [-0.4, -0.2) is 54.6 Å². The highest BCUT2D eigenvalue weighted by Crippen LogP contribution is 2.25. The van der Waals surface area contributed by atoms with E-state index in [1.54, 1.807) is 16.7 Å². The van der Waals surface area contributed by atoms with Crippen molar-refractivity contribution in [2.24, 2.45) is 0 Å². The van der Waals surface area contributed by atoms with Crippen molar-refractivity contribution in [2.75, 3.05) is 38.3 Å². The molecule has 0 aliphatic carbocycles. The maximum absolute atomic E-state index is 13.1. The summed E-state index contributed by atoms with van der Waals surface area (Å²) in [6.07, 6.45) is 1.98. The van der Waals surface area contributed by atoms with Crippen LogP contribution < -0.4 is 5.32 Å². The Kier molecular flexibility index (Phi) is 8.54. The summed E-state index contributed by atoms with van der Waals surface area (Å²) in [5.41, 5.74) is 1.68. The number of rotatable bonds is 9. The minimum absolute atomic E-state index is 0.0102. The van der Waals surface area contributed by atoms with Crippen LogP contribution in [0.4, 0.5) is 5.69 Å². The Morgan fingerprint density at radius 2 is 1.61 bits per heavy atom. The fraction of sp³-hybridized carbons (Fsp3) is 0.364. The number of benzene rings is 2. The number of nitrogens with one attached hydrogen (secondary N) is 1. The number of nitrogens with zero attached hydrogens (tertiary/aromatic N) is 2. The third kappa shape index (κ3) is 5.59. The molecule has 5 nitrogen and oxygen atoms in total. The van der Waals surface area contributed by atoms with Crippen molar-refractivity contribution >= 4 is 29.3 Å². The van der Waals surface area contributed by atoms with Crippen LogP contribution in [0.15, 0.2) is 59.5 Å². The van der Waals surface area contributed by atoms with E-state index in [2.05, 4.69) is 5.32 Å². The maximum Gasteiger partial charge on any atom is 0.244 e. The number of amides is 2. The topological polar surface area (TPSA) is 52.7 Å². The molecule has 0 aliphatic rings. The van der Waals surface area contributed by atoms with Crippen molar-refractivity contribution in [2.45, 2.75) is 24.8 Å². The molecular weight excluding hydrogens is 370 g/mol. The van der Waals surface area contributed by atoms with E-state index in [1.165, 1.54) is 0 Å². The fourth-order valence-corrected chi connectivity index (χ4v) is 3.74. The molecule has 0 fully saturated rings. The van der Waals surface area contributed by atoms with Gasteiger partial charge in [0.15, 0.2) is 0 Å². The van der Waals surface area contributed by atoms with Crippen molar-refractivity contribution in [3.05, 3.63) is 60.2 Å². The summed E-state index contributed by atoms with van der Waals surface area (Å²) in [5, 5.41) is 2.97. The summed E-state index contributed by atoms with van der Waals surface area (Å²) in [7, 11) is 1.82. The Balaban J connectivity index is 2.19. The van der Waals surface area contributed by atoms with Crippen LogP contribution in [0.3, 0.4) is 0 Å². The van der Waals surface area contributed by atoms with E-state index in [0.29, 0.717) is 13.1 Å². The summed E-state index contributed by atoms with van der Waals surface area (Å²) < 4.78 is 0. The molecule has 0 radical (unpaired) electrons. The van der Waals surface area contributed by atoms with Gasteiger partial charge < -0.3 is 10.2 Å². The molecule has 6 heteroatoms. The molecule has 0 heterocycles. The molecule has 0 bridgehead atoms. The Morgan fingerprint density at radius 1 is 1.00 bits per heavy atom. The molecule has 0 spiro atoms. The SMILES string of the molecule is CCN(CC)C(=O)[C@@H](c1ccccc1)N(C)CC(=O)Nc1ccccc1SC. The monoisotopic (exact) mass is 399 g/mol. The number of hydrogen-bond acceptors (Lipinski definition) is 4. The second-order valence-corrected chi connectivity index (χ2v) is 7.34. The first-order chi connectivity index (χ1) is 13.5. The number of para-hydroxylation sites is 1. The standard InChI is InChI=1S/C22H29N3O2S/c1-5-25(6-2)22(27)21(17-12-8-7-9-13-17)24(3)16-20(26)23-18-14-10-11-15-19(18)28-4/h7-15,21H,5-6,16H2,1-4H3,(H,23,26)/t21-/m1/s1. The Bertz CT molecular complexity index is 778. The minimum Gasteiger partial charge on any atom is -0.342 e. The highest BCUT2D eigenvalue weighted by molar-refractivity contribution is 7.98. The minimum atomic E-state index is -0.498. The molecule has 2 aromatic carbocycles. The fourth-order valence-electron chi connectivity index (χ4n) is 3.18. The lowest BCUT2D eigenvalue weighted by Crippen LogP contribution is -2.44. The van der Waals surface area contributed by atoms with E-state index in [4.69, 9.17) is 0 Å². The van der Waals surface area contributed by atoms with Crippen molar-refractivity contribution in [1.29, 1.82) is 0 Å². The molecule has 0 aliphatic heterocycles. The zero-order valence-electron chi connectivity index (χ0n) is 17.0. The van der Waals surface area contributed by atoms with Gasteiger partial charge in [0.05, 0.1) is 12.2 Å². The molecule has 28 heavy (non-hydrogen) atoms. The third-order valence-corrected chi connectivity index (χ3v) is 5.44. The number of anilines is 1. The smallest absolute Gasteiger partial charge is 0.244 e. The van der Waals surface area contributed by atoms with Gasteiger partial charge >= 0.3 is 0 Å². The van der Waals surface area contributed by atoms with Gasteiger partial charge in [-0.15, -0.1) is 11.8 Å². The van der Waals surface area contributed by atoms with Gasteiger partial charge in [-0.2, -0.15) is 0 Å². The average molecular weight is 400 g/mol. The van der Waals surface area contributed by atoms with Crippen LogP contribution in [-0.2, 0) is 9.59 Å². The van der Waals surface area contributed by atoms with E-state index in [0.717, 1.165) is 16.1 Å². The number of hydrogen-bond donors (Lipinski definition) is 1. The zero-order valence-corrected chi connectivity index (χ0v) is 17.8. The maximum atomic E-state index is 13.1. The number of likely N-dealkylation sites (N-methyl/N-ethyl adjacent to an activating group) is 2. The molecular formula is C22H29N3O2S. The van der Waals surface area contributed by atoms with E-state index in [1.807, 2.05) is 86.6 Å². The molecule has 2 rings (SSSR count). The third-order valence-electron chi connectivity index (χ3n) is 4.64. The summed E-state index contributed by atoms with van der Waals surface area (Å²) in [6, 6.07) is 16.8. The van der Waals surface area contributed by atoms with Gasteiger partial charge in [-0.05, 0) is 44.8 Å². The van der Waals surface area contributed by atoms with Crippen molar-refractivity contribution in [3.63, 3.8) is 0 Å². The molecule has 0 aromatic heterocycles. The molecule has 1 atom stereocenters. The van der Waals surface area contributed by atoms with Gasteiger partial charge in [-0.3, -0.25) is 14.5 Å². The van der Waals surface area contributed by atoms with Crippen LogP contribution in [0.5, 0.6) is 0 Å². The number of carbonyl (C=O) groups is 2. The van der Waals surface area contributed by atoms with Gasteiger partial charge in [0.25, 0.3) is 0 Å². The zero-order chi connectivity index (χ0) is 20.5. The van der Waals surface area contributed by atoms with Crippen LogP contribution >= 0.6 is 11.8 Å². The molecule has 1 N–H and O–H groups in total. The van der Waals surface area contributed by atoms with E-state index in [-0.39, 0.29) is 18.4 Å². The molecule has 0 unspecified atom stereocenters. The van der Waals surface area contributed by atoms with Gasteiger partial charge in [0, 0.05) is 18.0 Å². The van der Waals surface area contributed by atoms with Crippen molar-refractivity contribution < 1.29 is 9.59 Å². The van der Waals surface area contributed by atoms with Crippen LogP contribution in [0.1, 0.15) is 25.5 Å². The second-order valence-electron chi connectivity index (χ2n) is 6.49. The molecule has 150 valence electrons. The van der Waals surface area contributed by atoms with E-state index >= 15 is 0 Å². The van der Waals surface area contributed by atoms with Gasteiger partial charge in [0.1, 0.15) is 6.04 Å². The largest absolute Gasteiger partial charge is 0.342 e. The lowest BCUT2D eigenvalue weighted by molar-refractivity contribution is -0.137. The Hall–Kier alpha value is -2.31. The average Bonchev–Trinajstić information content (AvgIpc) is 2.70. The van der Waals surface area contributed by atoms with Crippen LogP contribution in [0.25, 0.3) is 0 Å². The molecule has 0 saturated heterocycles. The predicted molar refractivity (Wildman–Crippen MR) is 117 cm³/mol. The predicted octanol–water partition coefficient (Wildman–Crippen LogP) is 3.89. The van der Waals surface area contributed by atoms with Gasteiger partial charge in [0.2, 0.25) is 11.8 Å². The highest BCUT2D eigenvalue weighted by Gasteiger charge is 2.29. The van der Waals surface area contributed by atoms with Crippen molar-refractivity contribution in [1.82, 2.24) is 9.80 Å². The van der Waals surface area contributed by atoms with Crippen LogP contribution in [0.2, 0.25) is 0 Å². The van der Waals surface area contributed by atoms with Crippen molar-refractivity contribution in [3.8, 4) is 0 Å². The first-order valence-corrected chi connectivity index (χ1v) is 10.7. The number of carbonyl (C=O) groups excluding carboxylic acids is 2. The highest BCUT2D eigenvalue weighted by atomic mass is 32.2. The lowest BCUT2D eigenvalue weighted by Gasteiger charge is -2.31. The Labute approximate surface area is 172 Å². The van der Waals surface area contributed by atoms with E-state index < -0.39 is 6.04 Å². The van der Waals surface area contributed by atoms with E-state index in [9.17, 15) is 9.59 Å². The summed E-state index contributed by atoms with van der Waals surface area (Å²) in [4.78, 5) is 30.4. The Morgan fingerprint density at radius 3 is 2.21 bits per heavy atom. The molecule has 2 aromatic rings. The second kappa shape index (κ2) is 10.9. The number of thioether (sulfide) groups is 1. The van der Waals surface area contributed by atoms with Gasteiger partial charge in [-0.25, -0.2) is 0 Å². The summed E-state index contributed by atoms with van der Waals surface area (Å²) in [5.74, 6) is -0.131.